The molecule has 0 unspecified atom stereocenters. The summed E-state index contributed by atoms with van der Waals surface area (Å²) in [5.41, 5.74) is -0.318. The Bertz CT molecular complexity index is 227. The van der Waals surface area contributed by atoms with Crippen LogP contribution in [0, 0.1) is 0 Å². The molecule has 0 aromatic heterocycles. The van der Waals surface area contributed by atoms with Gasteiger partial charge in [-0.15, -0.1) is 0 Å². The number of rotatable bonds is 3. The lowest BCUT2D eigenvalue weighted by molar-refractivity contribution is -0.138. The van der Waals surface area contributed by atoms with Crippen molar-refractivity contribution < 1.29 is 14.3 Å². The number of carbonyl (C=O) groups is 2. The Morgan fingerprint density at radius 2 is 2.06 bits per heavy atom. The zero-order valence-corrected chi connectivity index (χ0v) is 11.4. The maximum atomic E-state index is 10.7. The fourth-order valence-corrected chi connectivity index (χ4v) is 1.59. The average molecular weight is 243 g/mol. The summed E-state index contributed by atoms with van der Waals surface area (Å²) in [5, 5.41) is 3.33. The van der Waals surface area contributed by atoms with E-state index in [0.29, 0.717) is 18.3 Å². The van der Waals surface area contributed by atoms with Gasteiger partial charge in [0.2, 0.25) is 0 Å². The van der Waals surface area contributed by atoms with E-state index in [9.17, 15) is 9.59 Å². The summed E-state index contributed by atoms with van der Waals surface area (Å²) in [4.78, 5) is 20.3. The van der Waals surface area contributed by atoms with Crippen LogP contribution in [0.25, 0.3) is 0 Å². The molecular formula is C13H25NO3. The summed E-state index contributed by atoms with van der Waals surface area (Å²) >= 11 is 0. The molecular weight excluding hydrogens is 218 g/mol. The first-order chi connectivity index (χ1) is 7.85. The number of hydrogen-bond acceptors (Lipinski definition) is 4. The van der Waals surface area contributed by atoms with Crippen molar-refractivity contribution in [2.24, 2.45) is 0 Å². The third kappa shape index (κ3) is 11.4. The second-order valence-corrected chi connectivity index (χ2v) is 5.38. The molecule has 0 saturated carbocycles. The average Bonchev–Trinajstić information content (AvgIpc) is 2.17. The number of piperidine rings is 1. The molecule has 0 radical (unpaired) electrons. The van der Waals surface area contributed by atoms with Crippen molar-refractivity contribution in [1.29, 1.82) is 0 Å². The molecule has 100 valence electrons. The van der Waals surface area contributed by atoms with Gasteiger partial charge < -0.3 is 10.1 Å². The maximum absolute atomic E-state index is 10.7. The first-order valence-corrected chi connectivity index (χ1v) is 6.19. The summed E-state index contributed by atoms with van der Waals surface area (Å²) in [6.45, 7) is 8.68. The summed E-state index contributed by atoms with van der Waals surface area (Å²) in [6.07, 6.45) is 4.46. The minimum atomic E-state index is -0.318. The predicted octanol–water partition coefficient (Wildman–Crippen LogP) is 2.07. The van der Waals surface area contributed by atoms with Crippen LogP contribution in [0.4, 0.5) is 0 Å². The van der Waals surface area contributed by atoms with E-state index in [1.807, 2.05) is 20.8 Å². The maximum Gasteiger partial charge on any atom is 0.293 e. The van der Waals surface area contributed by atoms with Crippen LogP contribution < -0.4 is 5.32 Å². The highest BCUT2D eigenvalue weighted by molar-refractivity contribution is 5.76. The lowest BCUT2D eigenvalue weighted by Gasteiger charge is -2.21. The minimum Gasteiger partial charge on any atom is -0.462 e. The van der Waals surface area contributed by atoms with Crippen molar-refractivity contribution in [3.05, 3.63) is 0 Å². The monoisotopic (exact) mass is 243 g/mol. The SMILES string of the molecule is CC(=O)C[C@@H]1CCCCN1.CC(C)(C)OC=O. The highest BCUT2D eigenvalue weighted by atomic mass is 16.5. The van der Waals surface area contributed by atoms with Crippen molar-refractivity contribution in [3.63, 3.8) is 0 Å². The van der Waals surface area contributed by atoms with Crippen molar-refractivity contribution >= 4 is 12.3 Å². The van der Waals surface area contributed by atoms with E-state index < -0.39 is 0 Å². The molecule has 4 nitrogen and oxygen atoms in total. The van der Waals surface area contributed by atoms with E-state index >= 15 is 0 Å². The standard InChI is InChI=1S/C8H15NO.C5H10O2/c1-7(10)6-8-4-2-3-5-9-8;1-5(2,3)7-4-6/h8-9H,2-6H2,1H3;4H,1-3H3/t8-;/m0./s1. The number of nitrogens with one attached hydrogen (secondary N) is 1. The molecule has 1 N–H and O–H groups in total. The van der Waals surface area contributed by atoms with Gasteiger partial charge in [0.05, 0.1) is 0 Å². The molecule has 1 saturated heterocycles. The predicted molar refractivity (Wildman–Crippen MR) is 67.8 cm³/mol. The van der Waals surface area contributed by atoms with E-state index in [2.05, 4.69) is 10.1 Å². The topological polar surface area (TPSA) is 55.4 Å². The molecule has 0 spiro atoms. The molecule has 4 heteroatoms. The molecule has 1 atom stereocenters. The molecule has 0 amide bonds. The van der Waals surface area contributed by atoms with Gasteiger partial charge in [0.1, 0.15) is 11.4 Å². The second-order valence-electron chi connectivity index (χ2n) is 5.38. The number of ether oxygens (including phenoxy) is 1. The molecule has 1 rings (SSSR count). The van der Waals surface area contributed by atoms with Gasteiger partial charge in [-0.1, -0.05) is 6.42 Å². The van der Waals surface area contributed by atoms with Crippen molar-refractivity contribution in [1.82, 2.24) is 5.32 Å². The zero-order chi connectivity index (χ0) is 13.3. The molecule has 1 aliphatic heterocycles. The van der Waals surface area contributed by atoms with Gasteiger partial charge in [-0.05, 0) is 47.1 Å². The molecule has 0 bridgehead atoms. The van der Waals surface area contributed by atoms with E-state index in [1.54, 1.807) is 6.92 Å². The van der Waals surface area contributed by atoms with Crippen LogP contribution in [0.5, 0.6) is 0 Å². The second kappa shape index (κ2) is 8.23. The fourth-order valence-electron chi connectivity index (χ4n) is 1.59. The first-order valence-electron chi connectivity index (χ1n) is 6.19. The van der Waals surface area contributed by atoms with Gasteiger partial charge in [0, 0.05) is 12.5 Å². The zero-order valence-electron chi connectivity index (χ0n) is 11.4. The van der Waals surface area contributed by atoms with Gasteiger partial charge in [-0.2, -0.15) is 0 Å². The molecule has 0 aliphatic carbocycles. The molecule has 0 aromatic carbocycles. The van der Waals surface area contributed by atoms with Gasteiger partial charge in [0.15, 0.2) is 0 Å². The molecule has 1 fully saturated rings. The van der Waals surface area contributed by atoms with Crippen LogP contribution in [0.1, 0.15) is 53.4 Å². The number of Topliss-reactive ketones (excluding diaryl/α,β-unsaturated/α-hetero) is 1. The van der Waals surface area contributed by atoms with Crippen molar-refractivity contribution in [3.8, 4) is 0 Å². The number of carbonyl (C=O) groups excluding carboxylic acids is 2. The Kier molecular flexibility index (Phi) is 7.79. The summed E-state index contributed by atoms with van der Waals surface area (Å²) in [5.74, 6) is 0.305. The minimum absolute atomic E-state index is 0.305. The van der Waals surface area contributed by atoms with Gasteiger partial charge in [0.25, 0.3) is 6.47 Å². The van der Waals surface area contributed by atoms with Crippen molar-refractivity contribution in [2.75, 3.05) is 6.54 Å². The lowest BCUT2D eigenvalue weighted by Crippen LogP contribution is -2.35. The van der Waals surface area contributed by atoms with Crippen LogP contribution in [-0.2, 0) is 14.3 Å². The Labute approximate surface area is 104 Å². The summed E-state index contributed by atoms with van der Waals surface area (Å²) in [6, 6.07) is 0.478. The third-order valence-electron chi connectivity index (χ3n) is 2.35. The quantitative estimate of drug-likeness (QED) is 0.771. The third-order valence-corrected chi connectivity index (χ3v) is 2.35. The fraction of sp³-hybridized carbons (Fsp3) is 0.846. The Balaban J connectivity index is 0.000000325. The molecule has 17 heavy (non-hydrogen) atoms. The van der Waals surface area contributed by atoms with E-state index in [-0.39, 0.29) is 5.60 Å². The molecule has 1 heterocycles. The summed E-state index contributed by atoms with van der Waals surface area (Å²) in [7, 11) is 0. The van der Waals surface area contributed by atoms with Crippen LogP contribution >= 0.6 is 0 Å². The Morgan fingerprint density at radius 3 is 2.35 bits per heavy atom. The van der Waals surface area contributed by atoms with Crippen LogP contribution in [0.3, 0.4) is 0 Å². The van der Waals surface area contributed by atoms with Crippen LogP contribution in [0.2, 0.25) is 0 Å². The smallest absolute Gasteiger partial charge is 0.293 e. The molecule has 0 aromatic rings. The number of ketones is 1. The highest BCUT2D eigenvalue weighted by Gasteiger charge is 2.13. The Hall–Kier alpha value is -0.900. The number of hydrogen-bond donors (Lipinski definition) is 1. The van der Waals surface area contributed by atoms with Gasteiger partial charge >= 0.3 is 0 Å². The van der Waals surface area contributed by atoms with E-state index in [4.69, 9.17) is 0 Å². The van der Waals surface area contributed by atoms with Crippen LogP contribution in [0.15, 0.2) is 0 Å². The first kappa shape index (κ1) is 16.1. The highest BCUT2D eigenvalue weighted by Crippen LogP contribution is 2.09. The normalized spacial score (nSPS) is 19.9. The largest absolute Gasteiger partial charge is 0.462 e. The van der Waals surface area contributed by atoms with E-state index in [0.717, 1.165) is 13.0 Å². The Morgan fingerprint density at radius 1 is 1.41 bits per heavy atom. The van der Waals surface area contributed by atoms with Crippen molar-refractivity contribution in [2.45, 2.75) is 65.0 Å². The van der Waals surface area contributed by atoms with Gasteiger partial charge in [-0.25, -0.2) is 0 Å². The summed E-state index contributed by atoms with van der Waals surface area (Å²) < 4.78 is 4.55. The molecule has 1 aliphatic rings. The van der Waals surface area contributed by atoms with Crippen LogP contribution in [-0.4, -0.2) is 30.4 Å². The van der Waals surface area contributed by atoms with Gasteiger partial charge in [-0.3, -0.25) is 9.59 Å². The lowest BCUT2D eigenvalue weighted by atomic mass is 10.0. The van der Waals surface area contributed by atoms with E-state index in [1.165, 1.54) is 19.3 Å².